The maximum absolute atomic E-state index is 9.85. The fourth-order valence-electron chi connectivity index (χ4n) is 2.32. The monoisotopic (exact) mass is 233 g/mol. The van der Waals surface area contributed by atoms with Gasteiger partial charge in [-0.15, -0.1) is 0 Å². The Hall–Kier alpha value is -1.22. The Balaban J connectivity index is 1.75. The molecule has 0 radical (unpaired) electrons. The molecule has 0 spiro atoms. The molecule has 1 heterocycles. The van der Waals surface area contributed by atoms with Gasteiger partial charge in [0, 0.05) is 7.05 Å². The molecule has 0 bridgehead atoms. The maximum Gasteiger partial charge on any atom is 0.142 e. The van der Waals surface area contributed by atoms with Crippen LogP contribution in [-0.2, 0) is 6.42 Å². The number of fused-ring (bicyclic) bond motifs is 1. The van der Waals surface area contributed by atoms with Crippen molar-refractivity contribution >= 4 is 5.69 Å². The first-order chi connectivity index (χ1) is 8.16. The fourth-order valence-corrected chi connectivity index (χ4v) is 2.32. The molecule has 0 atom stereocenters. The molecule has 3 rings (SSSR count). The lowest BCUT2D eigenvalue weighted by molar-refractivity contribution is 0.140. The summed E-state index contributed by atoms with van der Waals surface area (Å²) in [5, 5.41) is 9.85. The number of anilines is 1. The van der Waals surface area contributed by atoms with Crippen molar-refractivity contribution < 1.29 is 9.84 Å². The van der Waals surface area contributed by atoms with Crippen LogP contribution in [0.5, 0.6) is 5.75 Å². The van der Waals surface area contributed by atoms with E-state index in [1.807, 2.05) is 0 Å². The largest absolute Gasteiger partial charge is 0.490 e. The summed E-state index contributed by atoms with van der Waals surface area (Å²) >= 11 is 0. The molecule has 0 unspecified atom stereocenters. The van der Waals surface area contributed by atoms with E-state index in [1.165, 1.54) is 11.3 Å². The first kappa shape index (κ1) is 10.9. The molecule has 2 aliphatic rings. The molecule has 0 amide bonds. The Morgan fingerprint density at radius 3 is 3.00 bits per heavy atom. The van der Waals surface area contributed by atoms with E-state index in [0.29, 0.717) is 0 Å². The van der Waals surface area contributed by atoms with Gasteiger partial charge in [-0.25, -0.2) is 0 Å². The topological polar surface area (TPSA) is 32.7 Å². The number of benzene rings is 1. The van der Waals surface area contributed by atoms with E-state index in [1.54, 1.807) is 0 Å². The van der Waals surface area contributed by atoms with E-state index in [9.17, 15) is 5.11 Å². The van der Waals surface area contributed by atoms with E-state index < -0.39 is 0 Å². The third-order valence-corrected chi connectivity index (χ3v) is 3.83. The predicted molar refractivity (Wildman–Crippen MR) is 67.7 cm³/mol. The normalized spacial score (nSPS) is 20.7. The van der Waals surface area contributed by atoms with Crippen LogP contribution in [-0.4, -0.2) is 30.9 Å². The lowest BCUT2D eigenvalue weighted by atomic mass is 10.0. The first-order valence-corrected chi connectivity index (χ1v) is 6.36. The highest BCUT2D eigenvalue weighted by atomic mass is 16.5. The number of ether oxygens (including phenoxy) is 1. The molecule has 1 aliphatic carbocycles. The summed E-state index contributed by atoms with van der Waals surface area (Å²) in [6, 6.07) is 6.36. The Morgan fingerprint density at radius 1 is 1.41 bits per heavy atom. The van der Waals surface area contributed by atoms with Crippen molar-refractivity contribution in [2.45, 2.75) is 31.3 Å². The Labute approximate surface area is 102 Å². The second-order valence-electron chi connectivity index (χ2n) is 5.30. The number of aryl methyl sites for hydroxylation is 1. The summed E-state index contributed by atoms with van der Waals surface area (Å²) in [7, 11) is 2.10. The van der Waals surface area contributed by atoms with Crippen LogP contribution in [0.4, 0.5) is 5.69 Å². The molecule has 1 fully saturated rings. The Kier molecular flexibility index (Phi) is 2.51. The number of hydrogen-bond donors (Lipinski definition) is 1. The molecule has 0 saturated heterocycles. The van der Waals surface area contributed by atoms with Gasteiger partial charge in [0.2, 0.25) is 0 Å². The lowest BCUT2D eigenvalue weighted by Gasteiger charge is -2.28. The zero-order valence-electron chi connectivity index (χ0n) is 10.3. The highest BCUT2D eigenvalue weighted by Crippen LogP contribution is 2.40. The van der Waals surface area contributed by atoms with Gasteiger partial charge >= 0.3 is 0 Å². The minimum atomic E-state index is -0.349. The highest BCUT2D eigenvalue weighted by Gasteiger charge is 2.39. The van der Waals surface area contributed by atoms with Crippen molar-refractivity contribution in [2.24, 2.45) is 0 Å². The second-order valence-corrected chi connectivity index (χ2v) is 5.30. The Morgan fingerprint density at radius 2 is 2.24 bits per heavy atom. The van der Waals surface area contributed by atoms with E-state index in [2.05, 4.69) is 30.1 Å². The molecule has 1 saturated carbocycles. The molecule has 1 aromatic carbocycles. The number of aliphatic hydroxyl groups is 1. The molecule has 17 heavy (non-hydrogen) atoms. The van der Waals surface area contributed by atoms with Crippen molar-refractivity contribution in [3.05, 3.63) is 23.8 Å². The van der Waals surface area contributed by atoms with Crippen molar-refractivity contribution in [3.8, 4) is 5.75 Å². The molecule has 3 nitrogen and oxygen atoms in total. The molecule has 92 valence electrons. The van der Waals surface area contributed by atoms with Crippen LogP contribution in [0.3, 0.4) is 0 Å². The van der Waals surface area contributed by atoms with Gasteiger partial charge in [-0.1, -0.05) is 6.07 Å². The smallest absolute Gasteiger partial charge is 0.142 e. The highest BCUT2D eigenvalue weighted by molar-refractivity contribution is 5.60. The maximum atomic E-state index is 9.85. The van der Waals surface area contributed by atoms with Crippen LogP contribution in [0.1, 0.15) is 24.8 Å². The molecule has 1 aromatic rings. The average molecular weight is 233 g/mol. The van der Waals surface area contributed by atoms with Crippen LogP contribution in [0.15, 0.2) is 18.2 Å². The molecular formula is C14H19NO2. The summed E-state index contributed by atoms with van der Waals surface area (Å²) in [6.07, 6.45) is 3.79. The van der Waals surface area contributed by atoms with Crippen molar-refractivity contribution in [1.29, 1.82) is 0 Å². The van der Waals surface area contributed by atoms with Gasteiger partial charge < -0.3 is 14.7 Å². The fraction of sp³-hybridized carbons (Fsp3) is 0.571. The minimum absolute atomic E-state index is 0.349. The van der Waals surface area contributed by atoms with Crippen LogP contribution in [0.2, 0.25) is 0 Å². The third-order valence-electron chi connectivity index (χ3n) is 3.83. The quantitative estimate of drug-likeness (QED) is 0.866. The summed E-state index contributed by atoms with van der Waals surface area (Å²) in [4.78, 5) is 2.23. The van der Waals surface area contributed by atoms with E-state index in [0.717, 1.165) is 44.6 Å². The van der Waals surface area contributed by atoms with Gasteiger partial charge in [0.25, 0.3) is 0 Å². The van der Waals surface area contributed by atoms with Crippen molar-refractivity contribution in [3.63, 3.8) is 0 Å². The van der Waals surface area contributed by atoms with Gasteiger partial charge in [-0.05, 0) is 43.4 Å². The van der Waals surface area contributed by atoms with E-state index in [4.69, 9.17) is 4.74 Å². The molecular weight excluding hydrogens is 214 g/mol. The van der Waals surface area contributed by atoms with Gasteiger partial charge in [-0.3, -0.25) is 0 Å². The summed E-state index contributed by atoms with van der Waals surface area (Å²) in [5.74, 6) is 0.979. The zero-order valence-corrected chi connectivity index (χ0v) is 10.3. The number of nitrogens with zero attached hydrogens (tertiary/aromatic N) is 1. The summed E-state index contributed by atoms with van der Waals surface area (Å²) in [5.41, 5.74) is 2.12. The summed E-state index contributed by atoms with van der Waals surface area (Å²) < 4.78 is 5.62. The number of likely N-dealkylation sites (N-methyl/N-ethyl adjacent to an activating group) is 1. The van der Waals surface area contributed by atoms with Gasteiger partial charge in [0.1, 0.15) is 12.4 Å². The van der Waals surface area contributed by atoms with Gasteiger partial charge in [-0.2, -0.15) is 0 Å². The van der Waals surface area contributed by atoms with E-state index >= 15 is 0 Å². The molecule has 3 heteroatoms. The van der Waals surface area contributed by atoms with Gasteiger partial charge in [0.05, 0.1) is 17.8 Å². The van der Waals surface area contributed by atoms with Crippen LogP contribution < -0.4 is 9.64 Å². The standard InChI is InChI=1S/C14H19NO2/c1-15-8-9-17-13-3-2-11(10-12(13)15)4-5-14(16)6-7-14/h2-3,10,16H,4-9H2,1H3. The Bertz CT molecular complexity index is 426. The van der Waals surface area contributed by atoms with Crippen molar-refractivity contribution in [2.75, 3.05) is 25.1 Å². The average Bonchev–Trinajstić information content (AvgIpc) is 3.06. The molecule has 1 N–H and O–H groups in total. The zero-order chi connectivity index (χ0) is 11.9. The summed E-state index contributed by atoms with van der Waals surface area (Å²) in [6.45, 7) is 1.71. The number of hydrogen-bond acceptors (Lipinski definition) is 3. The third kappa shape index (κ3) is 2.25. The van der Waals surface area contributed by atoms with Crippen molar-refractivity contribution in [1.82, 2.24) is 0 Å². The first-order valence-electron chi connectivity index (χ1n) is 6.36. The van der Waals surface area contributed by atoms with Gasteiger partial charge in [0.15, 0.2) is 0 Å². The molecule has 1 aliphatic heterocycles. The van der Waals surface area contributed by atoms with Crippen LogP contribution in [0, 0.1) is 0 Å². The van der Waals surface area contributed by atoms with E-state index in [-0.39, 0.29) is 5.60 Å². The second kappa shape index (κ2) is 3.91. The van der Waals surface area contributed by atoms with Crippen LogP contribution in [0.25, 0.3) is 0 Å². The lowest BCUT2D eigenvalue weighted by Crippen LogP contribution is -2.28. The minimum Gasteiger partial charge on any atom is -0.490 e. The SMILES string of the molecule is CN1CCOc2ccc(CCC3(O)CC3)cc21. The number of rotatable bonds is 3. The van der Waals surface area contributed by atoms with Crippen LogP contribution >= 0.6 is 0 Å². The molecule has 0 aromatic heterocycles. The predicted octanol–water partition coefficient (Wildman–Crippen LogP) is 1.97.